The van der Waals surface area contributed by atoms with Crippen LogP contribution >= 0.6 is 0 Å². The fraction of sp³-hybridized carbons (Fsp3) is 0.929. The van der Waals surface area contributed by atoms with Crippen LogP contribution in [0, 0.1) is 0 Å². The van der Waals surface area contributed by atoms with Crippen LogP contribution in [0.1, 0.15) is 20.3 Å². The van der Waals surface area contributed by atoms with E-state index in [1.165, 1.54) is 0 Å². The maximum Gasteiger partial charge on any atom is 0.239 e. The van der Waals surface area contributed by atoms with Crippen LogP contribution in [0.15, 0.2) is 0 Å². The first-order chi connectivity index (χ1) is 9.56. The maximum atomic E-state index is 12.3. The van der Waals surface area contributed by atoms with Crippen LogP contribution in [0.3, 0.4) is 0 Å². The molecule has 0 aromatic carbocycles. The second-order valence-corrected chi connectivity index (χ2v) is 5.94. The number of piperazine rings is 1. The Morgan fingerprint density at radius 2 is 2.05 bits per heavy atom. The Morgan fingerprint density at radius 3 is 2.60 bits per heavy atom. The number of hydrogen-bond donors (Lipinski definition) is 2. The van der Waals surface area contributed by atoms with Gasteiger partial charge in [0, 0.05) is 39.3 Å². The van der Waals surface area contributed by atoms with Crippen molar-refractivity contribution in [3.63, 3.8) is 0 Å². The number of rotatable bonds is 5. The highest BCUT2D eigenvalue weighted by atomic mass is 16.5. The SMILES string of the molecule is CC(C)OCCN1CCN(C(=O)C2CC(O)CN2)CC1. The Balaban J connectivity index is 1.67. The molecule has 2 saturated heterocycles. The van der Waals surface area contributed by atoms with Gasteiger partial charge < -0.3 is 20.1 Å². The minimum atomic E-state index is -0.376. The van der Waals surface area contributed by atoms with Crippen LogP contribution in [0.4, 0.5) is 0 Å². The second kappa shape index (κ2) is 7.36. The summed E-state index contributed by atoms with van der Waals surface area (Å²) in [5.41, 5.74) is 0. The molecule has 0 bridgehead atoms. The van der Waals surface area contributed by atoms with Crippen molar-refractivity contribution in [2.24, 2.45) is 0 Å². The Kier molecular flexibility index (Phi) is 5.77. The molecule has 20 heavy (non-hydrogen) atoms. The zero-order valence-corrected chi connectivity index (χ0v) is 12.5. The number of aliphatic hydroxyl groups is 1. The Labute approximate surface area is 121 Å². The largest absolute Gasteiger partial charge is 0.392 e. The van der Waals surface area contributed by atoms with Gasteiger partial charge in [-0.15, -0.1) is 0 Å². The summed E-state index contributed by atoms with van der Waals surface area (Å²) in [7, 11) is 0. The highest BCUT2D eigenvalue weighted by molar-refractivity contribution is 5.82. The molecule has 0 saturated carbocycles. The van der Waals surface area contributed by atoms with Gasteiger partial charge in [-0.3, -0.25) is 9.69 Å². The minimum Gasteiger partial charge on any atom is -0.392 e. The average Bonchev–Trinajstić information content (AvgIpc) is 2.85. The zero-order chi connectivity index (χ0) is 14.5. The predicted molar refractivity (Wildman–Crippen MR) is 76.5 cm³/mol. The van der Waals surface area contributed by atoms with E-state index >= 15 is 0 Å². The standard InChI is InChI=1S/C14H27N3O3/c1-11(2)20-8-7-16-3-5-17(6-4-16)14(19)13-9-12(18)10-15-13/h11-13,15,18H,3-10H2,1-2H3. The van der Waals surface area contributed by atoms with E-state index in [2.05, 4.69) is 10.2 Å². The van der Waals surface area contributed by atoms with E-state index in [0.29, 0.717) is 13.0 Å². The van der Waals surface area contributed by atoms with Gasteiger partial charge in [-0.1, -0.05) is 0 Å². The van der Waals surface area contributed by atoms with E-state index in [-0.39, 0.29) is 24.2 Å². The highest BCUT2D eigenvalue weighted by Gasteiger charge is 2.32. The molecular weight excluding hydrogens is 258 g/mol. The molecule has 2 unspecified atom stereocenters. The topological polar surface area (TPSA) is 65.0 Å². The molecule has 0 radical (unpaired) electrons. The van der Waals surface area contributed by atoms with Crippen molar-refractivity contribution in [3.8, 4) is 0 Å². The van der Waals surface area contributed by atoms with Gasteiger partial charge in [-0.25, -0.2) is 0 Å². The quantitative estimate of drug-likeness (QED) is 0.698. The fourth-order valence-electron chi connectivity index (χ4n) is 2.73. The van der Waals surface area contributed by atoms with Gasteiger partial charge >= 0.3 is 0 Å². The lowest BCUT2D eigenvalue weighted by atomic mass is 10.1. The molecule has 0 aromatic rings. The molecule has 0 aliphatic carbocycles. The summed E-state index contributed by atoms with van der Waals surface area (Å²) in [5.74, 6) is 0.139. The lowest BCUT2D eigenvalue weighted by molar-refractivity contribution is -0.135. The molecule has 2 N–H and O–H groups in total. The summed E-state index contributed by atoms with van der Waals surface area (Å²) in [6.07, 6.45) is 0.442. The van der Waals surface area contributed by atoms with Gasteiger partial charge in [0.15, 0.2) is 0 Å². The van der Waals surface area contributed by atoms with Crippen LogP contribution in [0.25, 0.3) is 0 Å². The van der Waals surface area contributed by atoms with Crippen LogP contribution in [-0.4, -0.2) is 84.9 Å². The van der Waals surface area contributed by atoms with Crippen LogP contribution in [0.5, 0.6) is 0 Å². The van der Waals surface area contributed by atoms with E-state index in [1.807, 2.05) is 18.7 Å². The van der Waals surface area contributed by atoms with Crippen molar-refractivity contribution >= 4 is 5.91 Å². The Bertz CT molecular complexity index is 317. The number of amides is 1. The third-order valence-electron chi connectivity index (χ3n) is 3.95. The monoisotopic (exact) mass is 285 g/mol. The Morgan fingerprint density at radius 1 is 1.35 bits per heavy atom. The van der Waals surface area contributed by atoms with E-state index in [1.54, 1.807) is 0 Å². The predicted octanol–water partition coefficient (Wildman–Crippen LogP) is -0.722. The number of nitrogens with zero attached hydrogens (tertiary/aromatic N) is 2. The highest BCUT2D eigenvalue weighted by Crippen LogP contribution is 2.11. The van der Waals surface area contributed by atoms with Gasteiger partial charge in [0.1, 0.15) is 0 Å². The normalized spacial score (nSPS) is 28.3. The van der Waals surface area contributed by atoms with Gasteiger partial charge in [0.05, 0.1) is 24.9 Å². The van der Waals surface area contributed by atoms with Crippen LogP contribution in [-0.2, 0) is 9.53 Å². The number of ether oxygens (including phenoxy) is 1. The van der Waals surface area contributed by atoms with Crippen molar-refractivity contribution in [1.29, 1.82) is 0 Å². The molecule has 2 atom stereocenters. The summed E-state index contributed by atoms with van der Waals surface area (Å²) in [4.78, 5) is 16.5. The van der Waals surface area contributed by atoms with Crippen molar-refractivity contribution in [3.05, 3.63) is 0 Å². The molecule has 2 heterocycles. The zero-order valence-electron chi connectivity index (χ0n) is 12.5. The molecule has 2 fully saturated rings. The molecular formula is C14H27N3O3. The number of carbonyl (C=O) groups is 1. The van der Waals surface area contributed by atoms with E-state index in [9.17, 15) is 9.90 Å². The summed E-state index contributed by atoms with van der Waals surface area (Å²) in [6.45, 7) is 9.65. The molecule has 116 valence electrons. The van der Waals surface area contributed by atoms with E-state index in [4.69, 9.17) is 4.74 Å². The number of hydrogen-bond acceptors (Lipinski definition) is 5. The lowest BCUT2D eigenvalue weighted by Gasteiger charge is -2.36. The molecule has 6 heteroatoms. The molecule has 0 aromatic heterocycles. The lowest BCUT2D eigenvalue weighted by Crippen LogP contribution is -2.53. The molecule has 0 spiro atoms. The molecule has 2 aliphatic heterocycles. The smallest absolute Gasteiger partial charge is 0.239 e. The second-order valence-electron chi connectivity index (χ2n) is 5.94. The third kappa shape index (κ3) is 4.41. The third-order valence-corrected chi connectivity index (χ3v) is 3.95. The summed E-state index contributed by atoms with van der Waals surface area (Å²) in [6, 6.07) is -0.194. The maximum absolute atomic E-state index is 12.3. The first-order valence-electron chi connectivity index (χ1n) is 7.60. The minimum absolute atomic E-state index is 0.139. The summed E-state index contributed by atoms with van der Waals surface area (Å²) < 4.78 is 5.55. The van der Waals surface area contributed by atoms with Gasteiger partial charge in [-0.05, 0) is 20.3 Å². The first-order valence-corrected chi connectivity index (χ1v) is 7.60. The van der Waals surface area contributed by atoms with E-state index in [0.717, 1.165) is 39.3 Å². The summed E-state index contributed by atoms with van der Waals surface area (Å²) >= 11 is 0. The van der Waals surface area contributed by atoms with E-state index < -0.39 is 0 Å². The number of nitrogens with one attached hydrogen (secondary N) is 1. The molecule has 2 aliphatic rings. The first kappa shape index (κ1) is 15.7. The van der Waals surface area contributed by atoms with Gasteiger partial charge in [-0.2, -0.15) is 0 Å². The molecule has 2 rings (SSSR count). The van der Waals surface area contributed by atoms with Crippen molar-refractivity contribution < 1.29 is 14.6 Å². The van der Waals surface area contributed by atoms with Gasteiger partial charge in [0.2, 0.25) is 5.91 Å². The van der Waals surface area contributed by atoms with Crippen molar-refractivity contribution in [1.82, 2.24) is 15.1 Å². The average molecular weight is 285 g/mol. The van der Waals surface area contributed by atoms with Crippen LogP contribution in [0.2, 0.25) is 0 Å². The molecule has 1 amide bonds. The van der Waals surface area contributed by atoms with Crippen molar-refractivity contribution in [2.75, 3.05) is 45.9 Å². The van der Waals surface area contributed by atoms with Gasteiger partial charge in [0.25, 0.3) is 0 Å². The number of aliphatic hydroxyl groups excluding tert-OH is 1. The van der Waals surface area contributed by atoms with Crippen LogP contribution < -0.4 is 5.32 Å². The number of β-amino-alcohol motifs (C(OH)–C–C–N with tert-alkyl or cyclic N) is 1. The Hall–Kier alpha value is -0.690. The number of carbonyl (C=O) groups excluding carboxylic acids is 1. The van der Waals surface area contributed by atoms with Crippen molar-refractivity contribution in [2.45, 2.75) is 38.5 Å². The fourth-order valence-corrected chi connectivity index (χ4v) is 2.73. The summed E-state index contributed by atoms with van der Waals surface area (Å²) in [5, 5.41) is 12.6. The molecule has 6 nitrogen and oxygen atoms in total.